The van der Waals surface area contributed by atoms with E-state index in [9.17, 15) is 0 Å². The molecule has 2 fully saturated rings. The SMILES string of the molecule is C=C1C=C2C(CC1)CCC1C2(C)CCC2Cc3c([nH]c4ccccc34)C21C. The highest BCUT2D eigenvalue weighted by molar-refractivity contribution is 5.86. The quantitative estimate of drug-likeness (QED) is 0.540. The van der Waals surface area contributed by atoms with Crippen LogP contribution < -0.4 is 0 Å². The predicted octanol–water partition coefficient (Wildman–Crippen LogP) is 6.70. The normalized spacial score (nSPS) is 40.1. The van der Waals surface area contributed by atoms with Crippen molar-refractivity contribution in [3.63, 3.8) is 0 Å². The number of hydrogen-bond donors (Lipinski definition) is 1. The van der Waals surface area contributed by atoms with Crippen LogP contribution in [0.2, 0.25) is 0 Å². The minimum Gasteiger partial charge on any atom is -0.358 e. The van der Waals surface area contributed by atoms with Crippen molar-refractivity contribution >= 4 is 10.9 Å². The fourth-order valence-corrected chi connectivity index (χ4v) is 7.89. The summed E-state index contributed by atoms with van der Waals surface area (Å²) in [5.74, 6) is 2.39. The van der Waals surface area contributed by atoms with E-state index in [1.165, 1.54) is 61.4 Å². The molecule has 140 valence electrons. The third-order valence-electron chi connectivity index (χ3n) is 9.23. The van der Waals surface area contributed by atoms with Gasteiger partial charge in [0.1, 0.15) is 0 Å². The Morgan fingerprint density at radius 2 is 1.93 bits per heavy atom. The summed E-state index contributed by atoms with van der Waals surface area (Å²) in [5.41, 5.74) is 8.34. The van der Waals surface area contributed by atoms with Crippen LogP contribution in [0, 0.1) is 23.2 Å². The van der Waals surface area contributed by atoms with Crippen molar-refractivity contribution in [1.82, 2.24) is 4.98 Å². The maximum atomic E-state index is 4.34. The van der Waals surface area contributed by atoms with Crippen molar-refractivity contribution in [2.24, 2.45) is 23.2 Å². The lowest BCUT2D eigenvalue weighted by molar-refractivity contribution is -0.00744. The molecule has 1 N–H and O–H groups in total. The Kier molecular flexibility index (Phi) is 3.12. The second kappa shape index (κ2) is 5.19. The summed E-state index contributed by atoms with van der Waals surface area (Å²) in [5, 5.41) is 1.48. The average Bonchev–Trinajstić information content (AvgIpc) is 3.16. The van der Waals surface area contributed by atoms with E-state index in [-0.39, 0.29) is 0 Å². The molecule has 5 atom stereocenters. The summed E-state index contributed by atoms with van der Waals surface area (Å²) in [6, 6.07) is 8.96. The van der Waals surface area contributed by atoms with Crippen LogP contribution in [0.1, 0.15) is 63.6 Å². The number of aromatic nitrogens is 1. The molecular formula is C26H31N. The highest BCUT2D eigenvalue weighted by Gasteiger charge is 2.61. The first-order chi connectivity index (χ1) is 13.0. The fraction of sp³-hybridized carbons (Fsp3) is 0.538. The molecule has 1 heterocycles. The molecule has 1 aromatic heterocycles. The lowest BCUT2D eigenvalue weighted by Gasteiger charge is -2.59. The minimum absolute atomic E-state index is 0.298. The Morgan fingerprint density at radius 3 is 2.81 bits per heavy atom. The molecule has 0 bridgehead atoms. The van der Waals surface area contributed by atoms with E-state index in [0.29, 0.717) is 10.8 Å². The van der Waals surface area contributed by atoms with Gasteiger partial charge < -0.3 is 4.98 Å². The predicted molar refractivity (Wildman–Crippen MR) is 113 cm³/mol. The second-order valence-electron chi connectivity index (χ2n) is 10.3. The molecule has 1 nitrogen and oxygen atoms in total. The Balaban J connectivity index is 1.53. The van der Waals surface area contributed by atoms with Gasteiger partial charge >= 0.3 is 0 Å². The van der Waals surface area contributed by atoms with Gasteiger partial charge in [-0.05, 0) is 79.7 Å². The standard InChI is InChI=1S/C26H31N/c1-16-8-9-17-10-11-23-25(2,21(17)14-16)13-12-18-15-20-19-6-4-5-7-22(19)27-24(20)26(18,23)3/h4-7,14,17-18,23,27H,1,8-13,15H2,2-3H3. The fourth-order valence-electron chi connectivity index (χ4n) is 7.89. The largest absolute Gasteiger partial charge is 0.358 e. The monoisotopic (exact) mass is 357 g/mol. The lowest BCUT2D eigenvalue weighted by Crippen LogP contribution is -2.54. The van der Waals surface area contributed by atoms with Gasteiger partial charge in [0.05, 0.1) is 0 Å². The van der Waals surface area contributed by atoms with Crippen LogP contribution in [0.4, 0.5) is 0 Å². The van der Waals surface area contributed by atoms with E-state index >= 15 is 0 Å². The lowest BCUT2D eigenvalue weighted by atomic mass is 9.45. The number of allylic oxidation sites excluding steroid dienone is 3. The summed E-state index contributed by atoms with van der Waals surface area (Å²) in [4.78, 5) is 3.91. The Hall–Kier alpha value is -1.76. The molecular weight excluding hydrogens is 326 g/mol. The van der Waals surface area contributed by atoms with Gasteiger partial charge in [0.2, 0.25) is 0 Å². The molecule has 0 spiro atoms. The van der Waals surface area contributed by atoms with Gasteiger partial charge in [-0.15, -0.1) is 0 Å². The van der Waals surface area contributed by atoms with Crippen LogP contribution in [-0.2, 0) is 11.8 Å². The molecule has 2 saturated carbocycles. The van der Waals surface area contributed by atoms with Crippen LogP contribution in [0.15, 0.2) is 48.1 Å². The molecule has 0 saturated heterocycles. The Morgan fingerprint density at radius 1 is 1.07 bits per heavy atom. The highest BCUT2D eigenvalue weighted by Crippen LogP contribution is 2.67. The number of aromatic amines is 1. The topological polar surface area (TPSA) is 15.8 Å². The zero-order valence-corrected chi connectivity index (χ0v) is 16.8. The van der Waals surface area contributed by atoms with Crippen LogP contribution in [0.25, 0.3) is 10.9 Å². The zero-order valence-electron chi connectivity index (χ0n) is 16.8. The van der Waals surface area contributed by atoms with Gasteiger partial charge in [0, 0.05) is 22.0 Å². The van der Waals surface area contributed by atoms with E-state index in [1.54, 1.807) is 16.8 Å². The van der Waals surface area contributed by atoms with E-state index in [2.05, 4.69) is 55.8 Å². The molecule has 0 radical (unpaired) electrons. The maximum Gasteiger partial charge on any atom is 0.0459 e. The van der Waals surface area contributed by atoms with Gasteiger partial charge in [0.15, 0.2) is 0 Å². The summed E-state index contributed by atoms with van der Waals surface area (Å²) in [6.45, 7) is 9.56. The first kappa shape index (κ1) is 16.2. The molecule has 4 aliphatic rings. The summed E-state index contributed by atoms with van der Waals surface area (Å²) < 4.78 is 0. The van der Waals surface area contributed by atoms with E-state index in [0.717, 1.165) is 17.8 Å². The van der Waals surface area contributed by atoms with Gasteiger partial charge in [-0.3, -0.25) is 0 Å². The summed E-state index contributed by atoms with van der Waals surface area (Å²) in [7, 11) is 0. The molecule has 1 aromatic carbocycles. The number of rotatable bonds is 0. The van der Waals surface area contributed by atoms with Crippen LogP contribution in [-0.4, -0.2) is 4.98 Å². The van der Waals surface area contributed by atoms with Gasteiger partial charge in [-0.25, -0.2) is 0 Å². The second-order valence-corrected chi connectivity index (χ2v) is 10.3. The van der Waals surface area contributed by atoms with Gasteiger partial charge in [-0.1, -0.05) is 55.8 Å². The maximum absolute atomic E-state index is 4.34. The summed E-state index contributed by atoms with van der Waals surface area (Å²) >= 11 is 0. The molecule has 1 heteroatoms. The Labute approximate surface area is 162 Å². The Bertz CT molecular complexity index is 991. The van der Waals surface area contributed by atoms with Crippen molar-refractivity contribution < 1.29 is 0 Å². The molecule has 5 unspecified atom stereocenters. The molecule has 2 aromatic rings. The highest BCUT2D eigenvalue weighted by atomic mass is 14.8. The van der Waals surface area contributed by atoms with Crippen molar-refractivity contribution in [2.75, 3.05) is 0 Å². The van der Waals surface area contributed by atoms with Gasteiger partial charge in [0.25, 0.3) is 0 Å². The molecule has 0 aliphatic heterocycles. The van der Waals surface area contributed by atoms with E-state index < -0.39 is 0 Å². The minimum atomic E-state index is 0.298. The van der Waals surface area contributed by atoms with E-state index in [4.69, 9.17) is 0 Å². The third-order valence-corrected chi connectivity index (χ3v) is 9.23. The van der Waals surface area contributed by atoms with Crippen molar-refractivity contribution in [3.8, 4) is 0 Å². The molecule has 4 aliphatic carbocycles. The third kappa shape index (κ3) is 1.91. The van der Waals surface area contributed by atoms with Crippen LogP contribution in [0.3, 0.4) is 0 Å². The van der Waals surface area contributed by atoms with Crippen molar-refractivity contribution in [2.45, 2.75) is 64.2 Å². The smallest absolute Gasteiger partial charge is 0.0459 e. The van der Waals surface area contributed by atoms with E-state index in [1.807, 2.05) is 0 Å². The number of H-pyrrole nitrogens is 1. The van der Waals surface area contributed by atoms with Crippen molar-refractivity contribution in [1.29, 1.82) is 0 Å². The van der Waals surface area contributed by atoms with Gasteiger partial charge in [-0.2, -0.15) is 0 Å². The molecule has 0 amide bonds. The zero-order chi connectivity index (χ0) is 18.4. The van der Waals surface area contributed by atoms with Crippen molar-refractivity contribution in [3.05, 3.63) is 59.3 Å². The number of nitrogens with one attached hydrogen (secondary N) is 1. The number of benzene rings is 1. The first-order valence-electron chi connectivity index (χ1n) is 11.0. The number of fused-ring (bicyclic) bond motifs is 9. The summed E-state index contributed by atoms with van der Waals surface area (Å²) in [6.07, 6.45) is 11.9. The number of para-hydroxylation sites is 1. The number of hydrogen-bond acceptors (Lipinski definition) is 0. The van der Waals surface area contributed by atoms with Crippen LogP contribution in [0.5, 0.6) is 0 Å². The first-order valence-corrected chi connectivity index (χ1v) is 11.0. The molecule has 6 rings (SSSR count). The molecule has 27 heavy (non-hydrogen) atoms. The van der Waals surface area contributed by atoms with Crippen LogP contribution >= 0.6 is 0 Å². The average molecular weight is 358 g/mol.